The van der Waals surface area contributed by atoms with Gasteiger partial charge in [0.15, 0.2) is 17.3 Å². The van der Waals surface area contributed by atoms with E-state index in [2.05, 4.69) is 4.98 Å². The average Bonchev–Trinajstić information content (AvgIpc) is 3.33. The van der Waals surface area contributed by atoms with Crippen LogP contribution in [0, 0.1) is 13.8 Å². The van der Waals surface area contributed by atoms with Gasteiger partial charge in [0.1, 0.15) is 0 Å². The van der Waals surface area contributed by atoms with E-state index in [1.165, 1.54) is 18.4 Å². The van der Waals surface area contributed by atoms with E-state index in [0.717, 1.165) is 10.6 Å². The molecule has 8 heteroatoms. The molecule has 1 aliphatic heterocycles. The number of benzene rings is 2. The molecule has 2 aromatic carbocycles. The van der Waals surface area contributed by atoms with Gasteiger partial charge in [-0.15, -0.1) is 11.3 Å². The van der Waals surface area contributed by atoms with E-state index in [0.29, 0.717) is 47.2 Å². The Morgan fingerprint density at radius 3 is 2.51 bits per heavy atom. The van der Waals surface area contributed by atoms with Crippen molar-refractivity contribution in [3.8, 4) is 11.5 Å². The number of ketones is 1. The molecule has 2 heterocycles. The van der Waals surface area contributed by atoms with E-state index in [1.807, 2.05) is 44.2 Å². The summed E-state index contributed by atoms with van der Waals surface area (Å²) in [5.74, 6) is -0.428. The number of nitrogens with zero attached hydrogens (tertiary/aromatic N) is 2. The Morgan fingerprint density at radius 1 is 1.14 bits per heavy atom. The first-order valence-corrected chi connectivity index (χ1v) is 12.2. The number of carbonyl (C=O) groups excluding carboxylic acids is 2. The van der Waals surface area contributed by atoms with Gasteiger partial charge >= 0.3 is 0 Å². The topological polar surface area (TPSA) is 89.0 Å². The van der Waals surface area contributed by atoms with Crippen LogP contribution >= 0.6 is 11.3 Å². The van der Waals surface area contributed by atoms with E-state index in [1.54, 1.807) is 30.0 Å². The predicted octanol–water partition coefficient (Wildman–Crippen LogP) is 4.99. The van der Waals surface area contributed by atoms with Crippen molar-refractivity contribution in [2.24, 2.45) is 0 Å². The maximum atomic E-state index is 13.7. The molecule has 1 aliphatic rings. The van der Waals surface area contributed by atoms with Crippen molar-refractivity contribution in [2.75, 3.05) is 20.3 Å². The zero-order valence-corrected chi connectivity index (χ0v) is 21.0. The standard InChI is InChI=1S/C27H28N2O5S/c1-5-34-20-12-11-19(15-21(20)33-4)23-22(24(30)26-16(2)28-17(3)35-26)25(31)27(32)29(23)14-13-18-9-7-6-8-10-18/h6-12,15,23,31H,5,13-14H2,1-4H3. The number of aryl methyl sites for hydroxylation is 2. The second-order valence-electron chi connectivity index (χ2n) is 8.22. The number of methoxy groups -OCH3 is 1. The highest BCUT2D eigenvalue weighted by Gasteiger charge is 2.44. The smallest absolute Gasteiger partial charge is 0.290 e. The second kappa shape index (κ2) is 10.3. The molecular formula is C27H28N2O5S. The minimum absolute atomic E-state index is 0.0565. The molecule has 1 aromatic heterocycles. The van der Waals surface area contributed by atoms with Crippen LogP contribution in [0.5, 0.6) is 11.5 Å². The Morgan fingerprint density at radius 2 is 1.89 bits per heavy atom. The lowest BCUT2D eigenvalue weighted by Gasteiger charge is -2.27. The Kier molecular flexibility index (Phi) is 7.21. The van der Waals surface area contributed by atoms with Gasteiger partial charge in [0, 0.05) is 6.54 Å². The van der Waals surface area contributed by atoms with Crippen LogP contribution in [-0.4, -0.2) is 46.9 Å². The molecule has 7 nitrogen and oxygen atoms in total. The highest BCUT2D eigenvalue weighted by atomic mass is 32.1. The zero-order chi connectivity index (χ0) is 25.1. The summed E-state index contributed by atoms with van der Waals surface area (Å²) in [6.45, 7) is 6.25. The molecule has 4 rings (SSSR count). The Balaban J connectivity index is 1.78. The maximum Gasteiger partial charge on any atom is 0.290 e. The van der Waals surface area contributed by atoms with E-state index >= 15 is 0 Å². The molecule has 0 radical (unpaired) electrons. The molecular weight excluding hydrogens is 464 g/mol. The van der Waals surface area contributed by atoms with E-state index in [4.69, 9.17) is 9.47 Å². The molecule has 1 amide bonds. The summed E-state index contributed by atoms with van der Waals surface area (Å²) in [6.07, 6.45) is 0.574. The highest BCUT2D eigenvalue weighted by molar-refractivity contribution is 7.14. The number of aromatic nitrogens is 1. The van der Waals surface area contributed by atoms with Gasteiger partial charge < -0.3 is 19.5 Å². The molecule has 35 heavy (non-hydrogen) atoms. The number of hydrogen-bond acceptors (Lipinski definition) is 7. The number of rotatable bonds is 9. The first-order chi connectivity index (χ1) is 16.8. The number of aliphatic hydroxyl groups excluding tert-OH is 1. The molecule has 0 aliphatic carbocycles. The van der Waals surface area contributed by atoms with Crippen LogP contribution in [0.2, 0.25) is 0 Å². The lowest BCUT2D eigenvalue weighted by molar-refractivity contribution is -0.129. The summed E-state index contributed by atoms with van der Waals surface area (Å²) in [5, 5.41) is 11.7. The summed E-state index contributed by atoms with van der Waals surface area (Å²) in [5.41, 5.74) is 2.34. The Labute approximate surface area is 208 Å². The van der Waals surface area contributed by atoms with Crippen LogP contribution < -0.4 is 9.47 Å². The van der Waals surface area contributed by atoms with Gasteiger partial charge in [-0.1, -0.05) is 36.4 Å². The van der Waals surface area contributed by atoms with Gasteiger partial charge in [-0.2, -0.15) is 0 Å². The van der Waals surface area contributed by atoms with Crippen molar-refractivity contribution < 1.29 is 24.2 Å². The minimum Gasteiger partial charge on any atom is -0.503 e. The Bertz CT molecular complexity index is 1280. The fourth-order valence-corrected chi connectivity index (χ4v) is 5.22. The first kappa shape index (κ1) is 24.5. The van der Waals surface area contributed by atoms with Crippen molar-refractivity contribution in [1.82, 2.24) is 9.88 Å². The lowest BCUT2D eigenvalue weighted by Crippen LogP contribution is -2.33. The quantitative estimate of drug-likeness (QED) is 0.424. The maximum absolute atomic E-state index is 13.7. The van der Waals surface area contributed by atoms with Crippen molar-refractivity contribution in [1.29, 1.82) is 0 Å². The van der Waals surface area contributed by atoms with Crippen molar-refractivity contribution in [3.05, 3.63) is 86.6 Å². The van der Waals surface area contributed by atoms with Crippen LogP contribution in [-0.2, 0) is 11.2 Å². The molecule has 182 valence electrons. The largest absolute Gasteiger partial charge is 0.503 e. The number of thiazole rings is 1. The monoisotopic (exact) mass is 492 g/mol. The van der Waals surface area contributed by atoms with Crippen LogP contribution in [0.4, 0.5) is 0 Å². The molecule has 1 N–H and O–H groups in total. The van der Waals surface area contributed by atoms with Gasteiger partial charge in [-0.3, -0.25) is 9.59 Å². The zero-order valence-electron chi connectivity index (χ0n) is 20.2. The molecule has 1 atom stereocenters. The van der Waals surface area contributed by atoms with Crippen molar-refractivity contribution in [2.45, 2.75) is 33.2 Å². The number of amides is 1. The molecule has 0 fully saturated rings. The number of hydrogen-bond donors (Lipinski definition) is 1. The van der Waals surface area contributed by atoms with Gasteiger partial charge in [0.05, 0.1) is 40.9 Å². The van der Waals surface area contributed by atoms with Gasteiger partial charge in [0.25, 0.3) is 5.91 Å². The third-order valence-electron chi connectivity index (χ3n) is 5.95. The van der Waals surface area contributed by atoms with E-state index in [-0.39, 0.29) is 11.4 Å². The summed E-state index contributed by atoms with van der Waals surface area (Å²) >= 11 is 1.26. The summed E-state index contributed by atoms with van der Waals surface area (Å²) in [7, 11) is 1.54. The number of carbonyl (C=O) groups is 2. The minimum atomic E-state index is -0.773. The third-order valence-corrected chi connectivity index (χ3v) is 7.02. The highest BCUT2D eigenvalue weighted by Crippen LogP contribution is 2.42. The number of Topliss-reactive ketones (excluding diaryl/α,β-unsaturated/α-hetero) is 1. The molecule has 0 bridgehead atoms. The summed E-state index contributed by atoms with van der Waals surface area (Å²) in [6, 6.07) is 14.3. The van der Waals surface area contributed by atoms with Crippen molar-refractivity contribution in [3.63, 3.8) is 0 Å². The molecule has 0 saturated carbocycles. The van der Waals surface area contributed by atoms with Gasteiger partial charge in [-0.05, 0) is 50.5 Å². The lowest BCUT2D eigenvalue weighted by atomic mass is 9.94. The Hall–Kier alpha value is -3.65. The van der Waals surface area contributed by atoms with Gasteiger partial charge in [0.2, 0.25) is 5.78 Å². The van der Waals surface area contributed by atoms with Crippen molar-refractivity contribution >= 4 is 23.0 Å². The number of ether oxygens (including phenoxy) is 2. The summed E-state index contributed by atoms with van der Waals surface area (Å²) in [4.78, 5) is 33.3. The van der Waals surface area contributed by atoms with E-state index in [9.17, 15) is 14.7 Å². The number of aliphatic hydroxyl groups is 1. The van der Waals surface area contributed by atoms with Crippen LogP contribution in [0.15, 0.2) is 59.9 Å². The first-order valence-electron chi connectivity index (χ1n) is 11.4. The van der Waals surface area contributed by atoms with Gasteiger partial charge in [-0.25, -0.2) is 4.98 Å². The SMILES string of the molecule is CCOc1ccc(C2C(C(=O)c3sc(C)nc3C)=C(O)C(=O)N2CCc2ccccc2)cc1OC. The fourth-order valence-electron chi connectivity index (χ4n) is 4.35. The third kappa shape index (κ3) is 4.79. The predicted molar refractivity (Wildman–Crippen MR) is 134 cm³/mol. The average molecular weight is 493 g/mol. The fraction of sp³-hybridized carbons (Fsp3) is 0.296. The summed E-state index contributed by atoms with van der Waals surface area (Å²) < 4.78 is 11.2. The molecule has 1 unspecified atom stereocenters. The molecule has 3 aromatic rings. The molecule has 0 saturated heterocycles. The van der Waals surface area contributed by atoms with Crippen LogP contribution in [0.3, 0.4) is 0 Å². The molecule has 0 spiro atoms. The van der Waals surface area contributed by atoms with Crippen LogP contribution in [0.25, 0.3) is 0 Å². The second-order valence-corrected chi connectivity index (χ2v) is 9.42. The normalized spacial score (nSPS) is 15.6. The van der Waals surface area contributed by atoms with Crippen LogP contribution in [0.1, 0.15) is 44.5 Å². The van der Waals surface area contributed by atoms with E-state index < -0.39 is 17.7 Å².